The van der Waals surface area contributed by atoms with Crippen LogP contribution in [0, 0.1) is 0 Å². The Hall–Kier alpha value is -1.90. The van der Waals surface area contributed by atoms with Gasteiger partial charge in [0.2, 0.25) is 5.95 Å². The Labute approximate surface area is 107 Å². The molecule has 1 aliphatic rings. The normalized spacial score (nSPS) is 17.8. The Bertz CT molecular complexity index is 530. The molecule has 1 saturated carbocycles. The predicted octanol–water partition coefficient (Wildman–Crippen LogP) is 2.92. The van der Waals surface area contributed by atoms with Crippen molar-refractivity contribution in [2.24, 2.45) is 0 Å². The van der Waals surface area contributed by atoms with E-state index in [2.05, 4.69) is 40.3 Å². The Morgan fingerprint density at radius 1 is 1.00 bits per heavy atom. The zero-order valence-corrected chi connectivity index (χ0v) is 10.3. The zero-order chi connectivity index (χ0) is 12.4. The summed E-state index contributed by atoms with van der Waals surface area (Å²) in [5.74, 6) is 0.370. The quantitative estimate of drug-likeness (QED) is 0.876. The topological polar surface area (TPSA) is 51.8 Å². The fraction of sp³-hybridized carbons (Fsp3) is 0.333. The van der Waals surface area contributed by atoms with Gasteiger partial charge in [-0.1, -0.05) is 43.2 Å². The third kappa shape index (κ3) is 1.76. The van der Waals surface area contributed by atoms with Crippen molar-refractivity contribution < 1.29 is 0 Å². The van der Waals surface area contributed by atoms with E-state index in [4.69, 9.17) is 5.73 Å². The van der Waals surface area contributed by atoms with Gasteiger partial charge >= 0.3 is 0 Å². The van der Waals surface area contributed by atoms with Crippen LogP contribution in [0.15, 0.2) is 42.6 Å². The molecule has 1 aromatic carbocycles. The number of hydrogen-bond acceptors (Lipinski definition) is 3. The van der Waals surface area contributed by atoms with Gasteiger partial charge in [-0.25, -0.2) is 9.97 Å². The summed E-state index contributed by atoms with van der Waals surface area (Å²) >= 11 is 0. The molecule has 92 valence electrons. The van der Waals surface area contributed by atoms with Gasteiger partial charge in [0, 0.05) is 11.6 Å². The van der Waals surface area contributed by atoms with Crippen LogP contribution in [0.4, 0.5) is 5.95 Å². The molecule has 18 heavy (non-hydrogen) atoms. The standard InChI is InChI=1S/C15H17N3/c16-14-17-11-8-13(18-14)15(9-4-5-10-15)12-6-2-1-3-7-12/h1-3,6-8,11H,4-5,9-10H2,(H2,16,17,18). The summed E-state index contributed by atoms with van der Waals surface area (Å²) in [6.07, 6.45) is 6.55. The highest BCUT2D eigenvalue weighted by molar-refractivity contribution is 5.38. The first kappa shape index (κ1) is 11.2. The van der Waals surface area contributed by atoms with E-state index < -0.39 is 0 Å². The Morgan fingerprint density at radius 3 is 2.39 bits per heavy atom. The molecular formula is C15H17N3. The highest BCUT2D eigenvalue weighted by Crippen LogP contribution is 2.45. The van der Waals surface area contributed by atoms with Gasteiger partial charge < -0.3 is 5.73 Å². The summed E-state index contributed by atoms with van der Waals surface area (Å²) in [6.45, 7) is 0. The van der Waals surface area contributed by atoms with E-state index in [1.807, 2.05) is 6.07 Å². The van der Waals surface area contributed by atoms with Gasteiger partial charge in [0.25, 0.3) is 0 Å². The van der Waals surface area contributed by atoms with Gasteiger partial charge in [-0.15, -0.1) is 0 Å². The maximum Gasteiger partial charge on any atom is 0.220 e. The van der Waals surface area contributed by atoms with E-state index >= 15 is 0 Å². The number of nitrogens with two attached hydrogens (primary N) is 1. The molecule has 0 saturated heterocycles. The van der Waals surface area contributed by atoms with E-state index in [0.29, 0.717) is 5.95 Å². The highest BCUT2D eigenvalue weighted by atomic mass is 15.0. The van der Waals surface area contributed by atoms with Crippen LogP contribution in [0.1, 0.15) is 36.9 Å². The number of hydrogen-bond donors (Lipinski definition) is 1. The van der Waals surface area contributed by atoms with Crippen LogP contribution in [0.5, 0.6) is 0 Å². The van der Waals surface area contributed by atoms with Crippen LogP contribution in [0.25, 0.3) is 0 Å². The molecule has 0 amide bonds. The summed E-state index contributed by atoms with van der Waals surface area (Å²) in [7, 11) is 0. The van der Waals surface area contributed by atoms with Crippen molar-refractivity contribution in [1.82, 2.24) is 9.97 Å². The molecule has 1 fully saturated rings. The number of aromatic nitrogens is 2. The molecule has 0 unspecified atom stereocenters. The molecule has 0 bridgehead atoms. The first-order chi connectivity index (χ1) is 8.81. The lowest BCUT2D eigenvalue weighted by Gasteiger charge is -2.29. The zero-order valence-electron chi connectivity index (χ0n) is 10.3. The van der Waals surface area contributed by atoms with E-state index in [1.165, 1.54) is 18.4 Å². The maximum atomic E-state index is 5.74. The van der Waals surface area contributed by atoms with Crippen molar-refractivity contribution in [1.29, 1.82) is 0 Å². The number of rotatable bonds is 2. The second-order valence-electron chi connectivity index (χ2n) is 4.96. The van der Waals surface area contributed by atoms with Crippen molar-refractivity contribution in [3.63, 3.8) is 0 Å². The minimum absolute atomic E-state index is 0.0400. The molecule has 2 aromatic rings. The summed E-state index contributed by atoms with van der Waals surface area (Å²) in [4.78, 5) is 8.47. The largest absolute Gasteiger partial charge is 0.368 e. The van der Waals surface area contributed by atoms with Gasteiger partial charge in [0.1, 0.15) is 0 Å². The third-order valence-corrected chi connectivity index (χ3v) is 3.95. The number of benzene rings is 1. The van der Waals surface area contributed by atoms with Crippen molar-refractivity contribution >= 4 is 5.95 Å². The van der Waals surface area contributed by atoms with Crippen LogP contribution in [-0.2, 0) is 5.41 Å². The van der Waals surface area contributed by atoms with E-state index in [9.17, 15) is 0 Å². The molecule has 1 heterocycles. The molecule has 1 aromatic heterocycles. The van der Waals surface area contributed by atoms with E-state index in [-0.39, 0.29) is 5.41 Å². The second kappa shape index (κ2) is 4.41. The molecular weight excluding hydrogens is 222 g/mol. The molecule has 3 rings (SSSR count). The van der Waals surface area contributed by atoms with Crippen LogP contribution in [0.3, 0.4) is 0 Å². The second-order valence-corrected chi connectivity index (χ2v) is 4.96. The number of nitrogens with zero attached hydrogens (tertiary/aromatic N) is 2. The highest BCUT2D eigenvalue weighted by Gasteiger charge is 2.38. The van der Waals surface area contributed by atoms with E-state index in [0.717, 1.165) is 18.5 Å². The molecule has 2 N–H and O–H groups in total. The Balaban J connectivity index is 2.13. The summed E-state index contributed by atoms with van der Waals surface area (Å²) in [5.41, 5.74) is 8.20. The van der Waals surface area contributed by atoms with Crippen LogP contribution < -0.4 is 5.73 Å². The van der Waals surface area contributed by atoms with Gasteiger partial charge in [0.15, 0.2) is 0 Å². The first-order valence-electron chi connectivity index (χ1n) is 6.46. The van der Waals surface area contributed by atoms with Crippen LogP contribution in [0.2, 0.25) is 0 Å². The maximum absolute atomic E-state index is 5.74. The summed E-state index contributed by atoms with van der Waals surface area (Å²) in [6, 6.07) is 12.7. The van der Waals surface area contributed by atoms with Crippen molar-refractivity contribution in [3.8, 4) is 0 Å². The molecule has 3 heteroatoms. The third-order valence-electron chi connectivity index (χ3n) is 3.95. The SMILES string of the molecule is Nc1nccc(C2(c3ccccc3)CCCC2)n1. The van der Waals surface area contributed by atoms with Crippen molar-refractivity contribution in [3.05, 3.63) is 53.9 Å². The lowest BCUT2D eigenvalue weighted by atomic mass is 9.76. The summed E-state index contributed by atoms with van der Waals surface area (Å²) in [5, 5.41) is 0. The lowest BCUT2D eigenvalue weighted by Crippen LogP contribution is -2.25. The van der Waals surface area contributed by atoms with Gasteiger partial charge in [-0.3, -0.25) is 0 Å². The average molecular weight is 239 g/mol. The minimum Gasteiger partial charge on any atom is -0.368 e. The number of anilines is 1. The molecule has 3 nitrogen and oxygen atoms in total. The fourth-order valence-corrected chi connectivity index (χ4v) is 3.07. The molecule has 1 aliphatic carbocycles. The summed E-state index contributed by atoms with van der Waals surface area (Å²) < 4.78 is 0. The number of nitrogen functional groups attached to an aromatic ring is 1. The van der Waals surface area contributed by atoms with Gasteiger partial charge in [-0.05, 0) is 24.5 Å². The molecule has 0 spiro atoms. The van der Waals surface area contributed by atoms with Crippen LogP contribution >= 0.6 is 0 Å². The smallest absolute Gasteiger partial charge is 0.220 e. The monoisotopic (exact) mass is 239 g/mol. The molecule has 0 atom stereocenters. The Morgan fingerprint density at radius 2 is 1.72 bits per heavy atom. The van der Waals surface area contributed by atoms with Gasteiger partial charge in [-0.2, -0.15) is 0 Å². The lowest BCUT2D eigenvalue weighted by molar-refractivity contribution is 0.518. The predicted molar refractivity (Wildman–Crippen MR) is 72.1 cm³/mol. The fourth-order valence-electron chi connectivity index (χ4n) is 3.07. The first-order valence-corrected chi connectivity index (χ1v) is 6.46. The molecule has 0 radical (unpaired) electrons. The Kier molecular flexibility index (Phi) is 2.74. The van der Waals surface area contributed by atoms with Gasteiger partial charge in [0.05, 0.1) is 5.69 Å². The average Bonchev–Trinajstić information content (AvgIpc) is 2.90. The molecule has 0 aliphatic heterocycles. The van der Waals surface area contributed by atoms with E-state index in [1.54, 1.807) is 6.20 Å². The van der Waals surface area contributed by atoms with Crippen LogP contribution in [-0.4, -0.2) is 9.97 Å². The minimum atomic E-state index is 0.0400. The van der Waals surface area contributed by atoms with Crippen molar-refractivity contribution in [2.45, 2.75) is 31.1 Å². The van der Waals surface area contributed by atoms with Crippen molar-refractivity contribution in [2.75, 3.05) is 5.73 Å².